The largest absolute Gasteiger partial charge is 0.490 e. The van der Waals surface area contributed by atoms with Gasteiger partial charge in [-0.2, -0.15) is 0 Å². The van der Waals surface area contributed by atoms with Gasteiger partial charge in [0.25, 0.3) is 0 Å². The second-order valence-corrected chi connectivity index (χ2v) is 4.06. The fraction of sp³-hybridized carbons (Fsp3) is 0.538. The van der Waals surface area contributed by atoms with E-state index in [0.717, 1.165) is 17.9 Å². The van der Waals surface area contributed by atoms with Crippen LogP contribution in [0.3, 0.4) is 0 Å². The molecule has 0 saturated heterocycles. The summed E-state index contributed by atoms with van der Waals surface area (Å²) in [4.78, 5) is 0. The van der Waals surface area contributed by atoms with E-state index in [1.807, 2.05) is 26.1 Å². The van der Waals surface area contributed by atoms with Crippen LogP contribution < -0.4 is 10.1 Å². The minimum Gasteiger partial charge on any atom is -0.490 e. The summed E-state index contributed by atoms with van der Waals surface area (Å²) in [6.07, 6.45) is -0.594. The highest BCUT2D eigenvalue weighted by molar-refractivity contribution is 5.36. The molecule has 0 aliphatic carbocycles. The second-order valence-electron chi connectivity index (χ2n) is 4.06. The molecule has 0 radical (unpaired) electrons. The van der Waals surface area contributed by atoms with Gasteiger partial charge in [0.2, 0.25) is 0 Å². The molecule has 1 unspecified atom stereocenters. The van der Waals surface area contributed by atoms with Crippen molar-refractivity contribution in [1.29, 1.82) is 0 Å². The van der Waals surface area contributed by atoms with Gasteiger partial charge in [-0.3, -0.25) is 0 Å². The summed E-state index contributed by atoms with van der Waals surface area (Å²) in [6.45, 7) is 3.32. The molecule has 1 aromatic rings. The lowest BCUT2D eigenvalue weighted by Gasteiger charge is -2.15. The van der Waals surface area contributed by atoms with Crippen LogP contribution in [0.4, 0.5) is 0 Å². The average Bonchev–Trinajstić information content (AvgIpc) is 2.29. The van der Waals surface area contributed by atoms with Gasteiger partial charge in [0.1, 0.15) is 18.5 Å². The fourth-order valence-electron chi connectivity index (χ4n) is 1.60. The summed E-state index contributed by atoms with van der Waals surface area (Å²) in [7, 11) is 3.45. The second kappa shape index (κ2) is 7.27. The molecule has 1 aromatic carbocycles. The summed E-state index contributed by atoms with van der Waals surface area (Å²) >= 11 is 0. The van der Waals surface area contributed by atoms with Crippen LogP contribution in [0.15, 0.2) is 18.2 Å². The van der Waals surface area contributed by atoms with Gasteiger partial charge in [-0.1, -0.05) is 17.7 Å². The first kappa shape index (κ1) is 14.0. The highest BCUT2D eigenvalue weighted by atomic mass is 16.5. The number of ether oxygens (including phenoxy) is 2. The van der Waals surface area contributed by atoms with Gasteiger partial charge in [0.05, 0.1) is 6.61 Å². The van der Waals surface area contributed by atoms with E-state index in [2.05, 4.69) is 11.4 Å². The van der Waals surface area contributed by atoms with Crippen LogP contribution in [0.1, 0.15) is 11.1 Å². The Balaban J connectivity index is 2.62. The van der Waals surface area contributed by atoms with E-state index in [-0.39, 0.29) is 13.2 Å². The van der Waals surface area contributed by atoms with Crippen LogP contribution in [0.5, 0.6) is 5.75 Å². The third-order valence-electron chi connectivity index (χ3n) is 2.37. The van der Waals surface area contributed by atoms with Crippen molar-refractivity contribution in [2.75, 3.05) is 27.4 Å². The molecule has 1 rings (SSSR count). The Hall–Kier alpha value is -1.10. The summed E-state index contributed by atoms with van der Waals surface area (Å²) in [5.41, 5.74) is 2.29. The number of nitrogens with one attached hydrogen (secondary N) is 1. The van der Waals surface area contributed by atoms with Crippen molar-refractivity contribution in [3.63, 3.8) is 0 Å². The number of aryl methyl sites for hydroxylation is 1. The molecule has 2 N–H and O–H groups in total. The smallest absolute Gasteiger partial charge is 0.123 e. The van der Waals surface area contributed by atoms with Gasteiger partial charge in [-0.15, -0.1) is 0 Å². The summed E-state index contributed by atoms with van der Waals surface area (Å²) in [5.74, 6) is 0.806. The van der Waals surface area contributed by atoms with Crippen LogP contribution in [0.25, 0.3) is 0 Å². The SMILES string of the molecule is CNCc1cc(C)ccc1OCC(O)COC. The van der Waals surface area contributed by atoms with E-state index in [1.54, 1.807) is 7.11 Å². The van der Waals surface area contributed by atoms with Crippen molar-refractivity contribution in [3.8, 4) is 5.75 Å². The first-order valence-electron chi connectivity index (χ1n) is 5.71. The highest BCUT2D eigenvalue weighted by Gasteiger charge is 2.07. The Labute approximate surface area is 103 Å². The topological polar surface area (TPSA) is 50.7 Å². The number of aliphatic hydroxyl groups is 1. The fourth-order valence-corrected chi connectivity index (χ4v) is 1.60. The molecule has 0 saturated carbocycles. The Morgan fingerprint density at radius 3 is 2.76 bits per heavy atom. The van der Waals surface area contributed by atoms with E-state index in [1.165, 1.54) is 5.56 Å². The van der Waals surface area contributed by atoms with E-state index >= 15 is 0 Å². The lowest BCUT2D eigenvalue weighted by atomic mass is 10.1. The Morgan fingerprint density at radius 1 is 1.35 bits per heavy atom. The van der Waals surface area contributed by atoms with E-state index in [0.29, 0.717) is 0 Å². The summed E-state index contributed by atoms with van der Waals surface area (Å²) in [6, 6.07) is 6.01. The molecule has 4 nitrogen and oxygen atoms in total. The molecule has 17 heavy (non-hydrogen) atoms. The monoisotopic (exact) mass is 239 g/mol. The number of methoxy groups -OCH3 is 1. The molecule has 0 spiro atoms. The zero-order valence-corrected chi connectivity index (χ0v) is 10.7. The first-order chi connectivity index (χ1) is 8.17. The van der Waals surface area contributed by atoms with Crippen molar-refractivity contribution >= 4 is 0 Å². The Morgan fingerprint density at radius 2 is 2.12 bits per heavy atom. The van der Waals surface area contributed by atoms with Crippen molar-refractivity contribution in [2.45, 2.75) is 19.6 Å². The number of benzene rings is 1. The lowest BCUT2D eigenvalue weighted by molar-refractivity contribution is 0.0323. The van der Waals surface area contributed by atoms with Crippen LogP contribution in [-0.2, 0) is 11.3 Å². The van der Waals surface area contributed by atoms with Crippen LogP contribution in [0, 0.1) is 6.92 Å². The van der Waals surface area contributed by atoms with Gasteiger partial charge in [0, 0.05) is 19.2 Å². The maximum absolute atomic E-state index is 9.52. The standard InChI is InChI=1S/C13H21NO3/c1-10-4-5-13(11(6-10)7-14-2)17-9-12(15)8-16-3/h4-6,12,14-15H,7-9H2,1-3H3. The summed E-state index contributed by atoms with van der Waals surface area (Å²) in [5, 5.41) is 12.6. The molecule has 4 heteroatoms. The quantitative estimate of drug-likeness (QED) is 0.748. The maximum atomic E-state index is 9.52. The van der Waals surface area contributed by atoms with Crippen molar-refractivity contribution in [3.05, 3.63) is 29.3 Å². The number of rotatable bonds is 7. The molecular weight excluding hydrogens is 218 g/mol. The molecule has 0 bridgehead atoms. The molecular formula is C13H21NO3. The normalized spacial score (nSPS) is 12.5. The van der Waals surface area contributed by atoms with Gasteiger partial charge in [-0.25, -0.2) is 0 Å². The van der Waals surface area contributed by atoms with Crippen LogP contribution >= 0.6 is 0 Å². The molecule has 1 atom stereocenters. The molecule has 96 valence electrons. The van der Waals surface area contributed by atoms with Crippen molar-refractivity contribution in [2.24, 2.45) is 0 Å². The highest BCUT2D eigenvalue weighted by Crippen LogP contribution is 2.20. The predicted molar refractivity (Wildman–Crippen MR) is 67.3 cm³/mol. The number of hydrogen-bond acceptors (Lipinski definition) is 4. The molecule has 0 heterocycles. The molecule has 0 aliphatic heterocycles. The zero-order chi connectivity index (χ0) is 12.7. The van der Waals surface area contributed by atoms with Crippen LogP contribution in [-0.4, -0.2) is 38.6 Å². The molecule has 0 amide bonds. The third kappa shape index (κ3) is 4.73. The van der Waals surface area contributed by atoms with Crippen molar-refractivity contribution < 1.29 is 14.6 Å². The number of aliphatic hydroxyl groups excluding tert-OH is 1. The first-order valence-corrected chi connectivity index (χ1v) is 5.71. The van der Waals surface area contributed by atoms with Crippen LogP contribution in [0.2, 0.25) is 0 Å². The van der Waals surface area contributed by atoms with E-state index in [4.69, 9.17) is 9.47 Å². The maximum Gasteiger partial charge on any atom is 0.123 e. The lowest BCUT2D eigenvalue weighted by Crippen LogP contribution is -2.23. The third-order valence-corrected chi connectivity index (χ3v) is 2.37. The minimum absolute atomic E-state index is 0.244. The average molecular weight is 239 g/mol. The van der Waals surface area contributed by atoms with Crippen molar-refractivity contribution in [1.82, 2.24) is 5.32 Å². The van der Waals surface area contributed by atoms with Gasteiger partial charge in [-0.05, 0) is 20.0 Å². The molecule has 0 aromatic heterocycles. The molecule has 0 aliphatic rings. The number of hydrogen-bond donors (Lipinski definition) is 2. The summed E-state index contributed by atoms with van der Waals surface area (Å²) < 4.78 is 10.4. The minimum atomic E-state index is -0.594. The van der Waals surface area contributed by atoms with Gasteiger partial charge < -0.3 is 19.9 Å². The zero-order valence-electron chi connectivity index (χ0n) is 10.7. The predicted octanol–water partition coefficient (Wildman–Crippen LogP) is 1.10. The van der Waals surface area contributed by atoms with Gasteiger partial charge in [0.15, 0.2) is 0 Å². The Bertz CT molecular complexity index is 341. The van der Waals surface area contributed by atoms with Gasteiger partial charge >= 0.3 is 0 Å². The van der Waals surface area contributed by atoms with E-state index in [9.17, 15) is 5.11 Å². The van der Waals surface area contributed by atoms with E-state index < -0.39 is 6.10 Å². The Kier molecular flexibility index (Phi) is 5.97. The molecule has 0 fully saturated rings.